The molecule has 10 N–H and O–H groups in total. The van der Waals surface area contributed by atoms with Crippen molar-refractivity contribution < 1.29 is 37.9 Å². The maximum absolute atomic E-state index is 8.83. The monoisotopic (exact) mass is 490 g/mol. The Morgan fingerprint density at radius 3 is 0.970 bits per heavy atom. The van der Waals surface area contributed by atoms with E-state index in [1.165, 1.54) is 0 Å². The van der Waals surface area contributed by atoms with Gasteiger partial charge in [0.15, 0.2) is 0 Å². The van der Waals surface area contributed by atoms with Crippen molar-refractivity contribution in [1.82, 2.24) is 0 Å². The number of anilines is 4. The van der Waals surface area contributed by atoms with Gasteiger partial charge in [-0.1, -0.05) is 0 Å². The highest BCUT2D eigenvalue weighted by molar-refractivity contribution is 7.79. The van der Waals surface area contributed by atoms with Crippen LogP contribution in [0, 0.1) is 0 Å². The quantitative estimate of drug-likeness (QED) is 0.156. The molecule has 0 radical (unpaired) electrons. The van der Waals surface area contributed by atoms with Crippen molar-refractivity contribution in [2.45, 2.75) is 0 Å². The summed E-state index contributed by atoms with van der Waals surface area (Å²) in [6.45, 7) is 2.37. The largest absolute Gasteiger partial charge is 0.399 e. The minimum atomic E-state index is -4.67. The molecule has 0 aliphatic heterocycles. The fraction of sp³-hybridized carbons (Fsp3) is 0.400. The van der Waals surface area contributed by atoms with Crippen LogP contribution in [0.1, 0.15) is 0 Å². The van der Waals surface area contributed by atoms with Crippen LogP contribution in [0.25, 0.3) is 0 Å². The van der Waals surface area contributed by atoms with Gasteiger partial charge in [-0.15, -0.1) is 0 Å². The van der Waals surface area contributed by atoms with E-state index in [0.717, 1.165) is 11.4 Å². The minimum Gasteiger partial charge on any atom is -0.399 e. The first kappa shape index (κ1) is 30.4. The zero-order valence-electron chi connectivity index (χ0n) is 18.2. The molecule has 0 aliphatic rings. The lowest BCUT2D eigenvalue weighted by molar-refractivity contribution is 0.280. The SMILES string of the molecule is Nc1ccc(N(CCO)CCO)cc1.Nc1ccc(N(CCO)CCO)cc1.O=S(=O)(O)O. The van der Waals surface area contributed by atoms with E-state index in [4.69, 9.17) is 49.4 Å². The summed E-state index contributed by atoms with van der Waals surface area (Å²) in [5, 5.41) is 35.3. The van der Waals surface area contributed by atoms with Gasteiger partial charge < -0.3 is 41.7 Å². The molecular formula is C20H34N4O8S. The van der Waals surface area contributed by atoms with Crippen LogP contribution in [0.4, 0.5) is 22.7 Å². The van der Waals surface area contributed by atoms with Crippen molar-refractivity contribution in [3.8, 4) is 0 Å². The maximum Gasteiger partial charge on any atom is 0.394 e. The average molecular weight is 491 g/mol. The van der Waals surface area contributed by atoms with Crippen molar-refractivity contribution in [2.75, 3.05) is 73.9 Å². The van der Waals surface area contributed by atoms with Gasteiger partial charge in [0.05, 0.1) is 26.4 Å². The van der Waals surface area contributed by atoms with E-state index in [1.54, 1.807) is 24.3 Å². The smallest absolute Gasteiger partial charge is 0.394 e. The molecule has 0 atom stereocenters. The van der Waals surface area contributed by atoms with Gasteiger partial charge in [-0.25, -0.2) is 0 Å². The molecule has 0 spiro atoms. The second-order valence-corrected chi connectivity index (χ2v) is 7.40. The number of aliphatic hydroxyl groups excluding tert-OH is 4. The third kappa shape index (κ3) is 15.7. The molecule has 0 unspecified atom stereocenters. The van der Waals surface area contributed by atoms with E-state index in [0.29, 0.717) is 37.6 Å². The zero-order valence-corrected chi connectivity index (χ0v) is 19.0. The minimum absolute atomic E-state index is 0.0738. The Balaban J connectivity index is 0.000000517. The van der Waals surface area contributed by atoms with E-state index in [1.807, 2.05) is 34.1 Å². The number of nitrogens with zero attached hydrogens (tertiary/aromatic N) is 2. The topological polar surface area (TPSA) is 214 Å². The van der Waals surface area contributed by atoms with Crippen molar-refractivity contribution >= 4 is 33.1 Å². The van der Waals surface area contributed by atoms with Crippen LogP contribution in [-0.2, 0) is 10.4 Å². The summed E-state index contributed by atoms with van der Waals surface area (Å²) in [6, 6.07) is 14.7. The predicted molar refractivity (Wildman–Crippen MR) is 129 cm³/mol. The molecule has 12 nitrogen and oxygen atoms in total. The molecule has 2 aromatic carbocycles. The van der Waals surface area contributed by atoms with Crippen LogP contribution >= 0.6 is 0 Å². The Hall–Kier alpha value is -2.65. The number of nitrogens with two attached hydrogens (primary N) is 2. The van der Waals surface area contributed by atoms with Crippen LogP contribution < -0.4 is 21.3 Å². The van der Waals surface area contributed by atoms with Gasteiger partial charge in [0.25, 0.3) is 0 Å². The van der Waals surface area contributed by atoms with Crippen molar-refractivity contribution in [1.29, 1.82) is 0 Å². The van der Waals surface area contributed by atoms with Gasteiger partial charge in [-0.3, -0.25) is 9.11 Å². The standard InChI is InChI=1S/2C10H16N2O2.H2O4S/c2*11-9-1-3-10(4-2-9)12(5-7-13)6-8-14;1-5(2,3)4/h2*1-4,13-14H,5-8,11H2;(H2,1,2,3,4). The van der Waals surface area contributed by atoms with Crippen LogP contribution in [0.2, 0.25) is 0 Å². The summed E-state index contributed by atoms with van der Waals surface area (Å²) in [7, 11) is -4.67. The molecule has 2 rings (SSSR count). The summed E-state index contributed by atoms with van der Waals surface area (Å²) in [4.78, 5) is 3.80. The van der Waals surface area contributed by atoms with Gasteiger partial charge in [0, 0.05) is 48.9 Å². The highest BCUT2D eigenvalue weighted by Crippen LogP contribution is 2.16. The predicted octanol–water partition coefficient (Wildman–Crippen LogP) is -0.533. The highest BCUT2D eigenvalue weighted by atomic mass is 32.3. The highest BCUT2D eigenvalue weighted by Gasteiger charge is 2.05. The van der Waals surface area contributed by atoms with Gasteiger partial charge in [0.1, 0.15) is 0 Å². The normalized spacial score (nSPS) is 10.4. The van der Waals surface area contributed by atoms with E-state index < -0.39 is 10.4 Å². The van der Waals surface area contributed by atoms with E-state index in [9.17, 15) is 0 Å². The van der Waals surface area contributed by atoms with E-state index in [-0.39, 0.29) is 26.4 Å². The van der Waals surface area contributed by atoms with Crippen molar-refractivity contribution in [2.24, 2.45) is 0 Å². The molecule has 13 heteroatoms. The Kier molecular flexibility index (Phi) is 15.6. The average Bonchev–Trinajstić information content (AvgIpc) is 2.74. The molecule has 2 aromatic rings. The second kappa shape index (κ2) is 16.9. The summed E-state index contributed by atoms with van der Waals surface area (Å²) < 4.78 is 31.6. The lowest BCUT2D eigenvalue weighted by atomic mass is 10.2. The number of hydrogen-bond donors (Lipinski definition) is 8. The first-order valence-corrected chi connectivity index (χ1v) is 11.3. The molecular weight excluding hydrogens is 456 g/mol. The maximum atomic E-state index is 8.83. The second-order valence-electron chi connectivity index (χ2n) is 6.50. The Morgan fingerprint density at radius 2 is 0.788 bits per heavy atom. The molecule has 0 saturated heterocycles. The van der Waals surface area contributed by atoms with Crippen LogP contribution in [-0.4, -0.2) is 90.6 Å². The first-order chi connectivity index (χ1) is 15.5. The summed E-state index contributed by atoms with van der Waals surface area (Å²) in [5.74, 6) is 0. The third-order valence-electron chi connectivity index (χ3n) is 4.00. The van der Waals surface area contributed by atoms with Crippen LogP contribution in [0.3, 0.4) is 0 Å². The lowest BCUT2D eigenvalue weighted by Gasteiger charge is -2.22. The number of benzene rings is 2. The fourth-order valence-corrected chi connectivity index (χ4v) is 2.59. The Labute approximate surface area is 193 Å². The summed E-state index contributed by atoms with van der Waals surface area (Å²) in [5.41, 5.74) is 14.5. The zero-order chi connectivity index (χ0) is 25.3. The van der Waals surface area contributed by atoms with Crippen LogP contribution in [0.15, 0.2) is 48.5 Å². The van der Waals surface area contributed by atoms with E-state index in [2.05, 4.69) is 0 Å². The number of nitrogen functional groups attached to an aromatic ring is 2. The third-order valence-corrected chi connectivity index (χ3v) is 4.00. The first-order valence-electron chi connectivity index (χ1n) is 9.90. The van der Waals surface area contributed by atoms with Crippen molar-refractivity contribution in [3.05, 3.63) is 48.5 Å². The molecule has 0 bridgehead atoms. The Morgan fingerprint density at radius 1 is 0.576 bits per heavy atom. The van der Waals surface area contributed by atoms with Gasteiger partial charge in [-0.2, -0.15) is 8.42 Å². The lowest BCUT2D eigenvalue weighted by Crippen LogP contribution is -2.29. The Bertz CT molecular complexity index is 774. The molecule has 33 heavy (non-hydrogen) atoms. The molecule has 0 saturated carbocycles. The van der Waals surface area contributed by atoms with Gasteiger partial charge >= 0.3 is 10.4 Å². The van der Waals surface area contributed by atoms with E-state index >= 15 is 0 Å². The number of hydrogen-bond acceptors (Lipinski definition) is 10. The summed E-state index contributed by atoms with van der Waals surface area (Å²) in [6.07, 6.45) is 0. The summed E-state index contributed by atoms with van der Waals surface area (Å²) >= 11 is 0. The molecule has 0 aliphatic carbocycles. The molecule has 0 fully saturated rings. The number of rotatable bonds is 10. The molecule has 0 amide bonds. The molecule has 0 aromatic heterocycles. The fourth-order valence-electron chi connectivity index (χ4n) is 2.59. The number of aliphatic hydroxyl groups is 4. The van der Waals surface area contributed by atoms with Gasteiger partial charge in [-0.05, 0) is 48.5 Å². The van der Waals surface area contributed by atoms with Crippen molar-refractivity contribution in [3.63, 3.8) is 0 Å². The molecule has 188 valence electrons. The molecule has 0 heterocycles. The van der Waals surface area contributed by atoms with Crippen LogP contribution in [0.5, 0.6) is 0 Å². The van der Waals surface area contributed by atoms with Gasteiger partial charge in [0.2, 0.25) is 0 Å².